The molecular formula is C23H19F3N4O. The van der Waals surface area contributed by atoms with E-state index in [1.165, 1.54) is 9.58 Å². The molecule has 2 heterocycles. The smallest absolute Gasteiger partial charge is 0.345 e. The predicted octanol–water partition coefficient (Wildman–Crippen LogP) is 5.02. The number of fused-ring (bicyclic) bond motifs is 1. The number of alkyl halides is 3. The molecule has 0 unspecified atom stereocenters. The number of aryl methyl sites for hydroxylation is 1. The van der Waals surface area contributed by atoms with Crippen molar-refractivity contribution in [2.45, 2.75) is 6.18 Å². The van der Waals surface area contributed by atoms with Crippen LogP contribution >= 0.6 is 0 Å². The van der Waals surface area contributed by atoms with Crippen LogP contribution in [0.1, 0.15) is 15.9 Å². The van der Waals surface area contributed by atoms with Crippen molar-refractivity contribution < 1.29 is 18.0 Å². The number of nitrogens with zero attached hydrogens (tertiary/aromatic N) is 4. The van der Waals surface area contributed by atoms with E-state index in [0.717, 1.165) is 6.07 Å². The minimum atomic E-state index is -4.59. The molecule has 0 radical (unpaired) electrons. The summed E-state index contributed by atoms with van der Waals surface area (Å²) in [6, 6.07) is 16.1. The van der Waals surface area contributed by atoms with Gasteiger partial charge >= 0.3 is 6.18 Å². The van der Waals surface area contributed by atoms with Crippen molar-refractivity contribution in [1.29, 1.82) is 0 Å². The molecule has 158 valence electrons. The number of carbonyl (C=O) groups excluding carboxylic acids is 1. The summed E-state index contributed by atoms with van der Waals surface area (Å²) in [5.41, 5.74) is 1.23. The van der Waals surface area contributed by atoms with Gasteiger partial charge in [-0.15, -0.1) is 0 Å². The average Bonchev–Trinajstić information content (AvgIpc) is 3.09. The quantitative estimate of drug-likeness (QED) is 0.464. The highest BCUT2D eigenvalue weighted by atomic mass is 19.4. The highest BCUT2D eigenvalue weighted by molar-refractivity contribution is 5.96. The van der Waals surface area contributed by atoms with E-state index < -0.39 is 11.7 Å². The van der Waals surface area contributed by atoms with Gasteiger partial charge in [-0.2, -0.15) is 18.3 Å². The lowest BCUT2D eigenvalue weighted by Crippen LogP contribution is -2.21. The summed E-state index contributed by atoms with van der Waals surface area (Å²) in [4.78, 5) is 18.0. The van der Waals surface area contributed by atoms with Crippen molar-refractivity contribution in [3.63, 3.8) is 0 Å². The Kier molecular flexibility index (Phi) is 5.00. The molecule has 4 aromatic rings. The zero-order chi connectivity index (χ0) is 22.3. The normalized spacial score (nSPS) is 11.7. The summed E-state index contributed by atoms with van der Waals surface area (Å²) in [5, 5.41) is 4.29. The number of aromatic nitrogens is 3. The minimum Gasteiger partial charge on any atom is -0.345 e. The maximum atomic E-state index is 14.1. The second-order valence-electron chi connectivity index (χ2n) is 7.37. The molecule has 0 fully saturated rings. The highest BCUT2D eigenvalue weighted by Crippen LogP contribution is 2.40. The summed E-state index contributed by atoms with van der Waals surface area (Å²) in [5.74, 6) is -0.190. The summed E-state index contributed by atoms with van der Waals surface area (Å²) in [6.07, 6.45) is -4.59. The van der Waals surface area contributed by atoms with E-state index in [9.17, 15) is 18.0 Å². The van der Waals surface area contributed by atoms with Crippen molar-refractivity contribution in [1.82, 2.24) is 19.7 Å². The van der Waals surface area contributed by atoms with Gasteiger partial charge in [-0.1, -0.05) is 42.5 Å². The largest absolute Gasteiger partial charge is 0.417 e. The summed E-state index contributed by atoms with van der Waals surface area (Å²) >= 11 is 0. The SMILES string of the molecule is CN(C)C(=O)c1ccc(-c2cc(C(F)(F)F)c3c(-c4ccccc4)nn(C)c3n2)cc1. The Balaban J connectivity index is 1.92. The summed E-state index contributed by atoms with van der Waals surface area (Å²) in [6.45, 7) is 0. The molecule has 0 aliphatic rings. The molecule has 31 heavy (non-hydrogen) atoms. The van der Waals surface area contributed by atoms with Gasteiger partial charge < -0.3 is 4.90 Å². The number of hydrogen-bond acceptors (Lipinski definition) is 3. The Morgan fingerprint density at radius 3 is 2.19 bits per heavy atom. The molecule has 8 heteroatoms. The molecule has 0 bridgehead atoms. The zero-order valence-electron chi connectivity index (χ0n) is 17.1. The minimum absolute atomic E-state index is 0.0376. The fourth-order valence-corrected chi connectivity index (χ4v) is 3.46. The highest BCUT2D eigenvalue weighted by Gasteiger charge is 2.36. The Hall–Kier alpha value is -3.68. The molecule has 0 N–H and O–H groups in total. The third-order valence-corrected chi connectivity index (χ3v) is 4.98. The van der Waals surface area contributed by atoms with Crippen LogP contribution < -0.4 is 0 Å². The zero-order valence-corrected chi connectivity index (χ0v) is 17.1. The third kappa shape index (κ3) is 3.76. The maximum Gasteiger partial charge on any atom is 0.417 e. The Bertz CT molecular complexity index is 1260. The summed E-state index contributed by atoms with van der Waals surface area (Å²) < 4.78 is 43.5. The first-order valence-corrected chi connectivity index (χ1v) is 9.49. The fraction of sp³-hybridized carbons (Fsp3) is 0.174. The molecule has 2 aromatic carbocycles. The van der Waals surface area contributed by atoms with Crippen molar-refractivity contribution >= 4 is 16.9 Å². The first-order chi connectivity index (χ1) is 14.7. The summed E-state index contributed by atoms with van der Waals surface area (Å²) in [7, 11) is 4.84. The van der Waals surface area contributed by atoms with E-state index in [1.54, 1.807) is 75.7 Å². The van der Waals surface area contributed by atoms with Crippen LogP contribution in [-0.4, -0.2) is 39.7 Å². The second-order valence-corrected chi connectivity index (χ2v) is 7.37. The molecule has 1 amide bonds. The molecule has 0 saturated heterocycles. The van der Waals surface area contributed by atoms with Crippen LogP contribution in [0, 0.1) is 0 Å². The van der Waals surface area contributed by atoms with E-state index in [0.29, 0.717) is 16.7 Å². The molecule has 2 aromatic heterocycles. The number of benzene rings is 2. The van der Waals surface area contributed by atoms with Gasteiger partial charge in [-0.05, 0) is 18.2 Å². The maximum absolute atomic E-state index is 14.1. The third-order valence-electron chi connectivity index (χ3n) is 4.98. The van der Waals surface area contributed by atoms with Gasteiger partial charge in [0.1, 0.15) is 5.69 Å². The number of rotatable bonds is 3. The average molecular weight is 424 g/mol. The topological polar surface area (TPSA) is 51.0 Å². The Morgan fingerprint density at radius 2 is 1.61 bits per heavy atom. The molecule has 0 spiro atoms. The van der Waals surface area contributed by atoms with E-state index >= 15 is 0 Å². The second kappa shape index (κ2) is 7.54. The first kappa shape index (κ1) is 20.6. The van der Waals surface area contributed by atoms with E-state index in [-0.39, 0.29) is 28.3 Å². The molecule has 0 atom stereocenters. The van der Waals surface area contributed by atoms with Crippen LogP contribution in [0.25, 0.3) is 33.5 Å². The number of halogens is 3. The van der Waals surface area contributed by atoms with Crippen LogP contribution in [-0.2, 0) is 13.2 Å². The van der Waals surface area contributed by atoms with Crippen LogP contribution in [0.4, 0.5) is 13.2 Å². The molecule has 5 nitrogen and oxygen atoms in total. The lowest BCUT2D eigenvalue weighted by Gasteiger charge is -2.13. The standard InChI is InChI=1S/C23H19F3N4O/c1-29(2)22(31)16-11-9-14(10-12-16)18-13-17(23(24,25)26)19-20(15-7-5-4-6-8-15)28-30(3)21(19)27-18/h4-13H,1-3H3. The van der Waals surface area contributed by atoms with Gasteiger partial charge in [-0.3, -0.25) is 4.79 Å². The van der Waals surface area contributed by atoms with Crippen LogP contribution in [0.5, 0.6) is 0 Å². The number of carbonyl (C=O) groups is 1. The van der Waals surface area contributed by atoms with Crippen LogP contribution in [0.3, 0.4) is 0 Å². The van der Waals surface area contributed by atoms with E-state index in [2.05, 4.69) is 10.1 Å². The van der Waals surface area contributed by atoms with Crippen molar-refractivity contribution in [3.8, 4) is 22.5 Å². The lowest BCUT2D eigenvalue weighted by molar-refractivity contribution is -0.136. The molecule has 4 rings (SSSR count). The van der Waals surface area contributed by atoms with Crippen molar-refractivity contribution in [2.24, 2.45) is 7.05 Å². The van der Waals surface area contributed by atoms with E-state index in [1.807, 2.05) is 0 Å². The molecule has 0 saturated carbocycles. The monoisotopic (exact) mass is 424 g/mol. The Labute approximate surface area is 176 Å². The van der Waals surface area contributed by atoms with Gasteiger partial charge in [0.05, 0.1) is 16.6 Å². The number of hydrogen-bond donors (Lipinski definition) is 0. The number of amides is 1. The number of pyridine rings is 1. The van der Waals surface area contributed by atoms with Gasteiger partial charge in [0.25, 0.3) is 5.91 Å². The first-order valence-electron chi connectivity index (χ1n) is 9.49. The Morgan fingerprint density at radius 1 is 0.968 bits per heavy atom. The fourth-order valence-electron chi connectivity index (χ4n) is 3.46. The van der Waals surface area contributed by atoms with Gasteiger partial charge in [-0.25, -0.2) is 9.67 Å². The lowest BCUT2D eigenvalue weighted by atomic mass is 10.0. The van der Waals surface area contributed by atoms with Crippen LogP contribution in [0.15, 0.2) is 60.7 Å². The van der Waals surface area contributed by atoms with Gasteiger partial charge in [0.15, 0.2) is 5.65 Å². The van der Waals surface area contributed by atoms with Gasteiger partial charge in [0.2, 0.25) is 0 Å². The van der Waals surface area contributed by atoms with E-state index in [4.69, 9.17) is 0 Å². The van der Waals surface area contributed by atoms with Crippen LogP contribution in [0.2, 0.25) is 0 Å². The molecular weight excluding hydrogens is 405 g/mol. The van der Waals surface area contributed by atoms with Gasteiger partial charge in [0, 0.05) is 37.8 Å². The predicted molar refractivity (Wildman–Crippen MR) is 112 cm³/mol. The van der Waals surface area contributed by atoms with Crippen molar-refractivity contribution in [2.75, 3.05) is 14.1 Å². The molecule has 0 aliphatic heterocycles. The van der Waals surface area contributed by atoms with Crippen molar-refractivity contribution in [3.05, 3.63) is 71.8 Å². The molecule has 0 aliphatic carbocycles.